The van der Waals surface area contributed by atoms with Crippen LogP contribution in [0, 0.1) is 0 Å². The molecule has 3 atom stereocenters. The molecule has 2 N–H and O–H groups in total. The van der Waals surface area contributed by atoms with Crippen LogP contribution in [0.5, 0.6) is 0 Å². The zero-order valence-electron chi connectivity index (χ0n) is 55.4. The topological polar surface area (TPSA) is 111 Å². The lowest BCUT2D eigenvalue weighted by atomic mass is 10.0. The summed E-state index contributed by atoms with van der Waals surface area (Å²) in [5.74, 6) is -0.534. The van der Waals surface area contributed by atoms with Crippen molar-refractivity contribution in [2.24, 2.45) is 0 Å². The Hall–Kier alpha value is -3.33. The Kier molecular flexibility index (Phi) is 60.2. The van der Waals surface area contributed by atoms with Crippen molar-refractivity contribution >= 4 is 19.7 Å². The van der Waals surface area contributed by atoms with E-state index in [9.17, 15) is 19.0 Å². The van der Waals surface area contributed by atoms with Crippen LogP contribution >= 0.6 is 7.82 Å². The molecule has 484 valence electrons. The molecule has 0 saturated heterocycles. The number of allylic oxidation sites excluding steroid dienone is 17. The standard InChI is InChI=1S/C74H131N2O7P/c1-7-10-13-16-19-22-25-28-30-32-34-36-37-38-39-41-43-45-47-49-52-55-58-61-64-67-74(78)83-72(65-62-59-56-53-50-27-24-21-18-15-12-9-3)71(70-82-84(79,80)81-69-68-76(4,5)6)75-73(77)66-63-60-57-54-51-48-46-44-42-40-35-33-31-29-26-23-20-17-14-11-8-2/h19-20,22-23,28-31,34-36,38-40,44,46,62,65,71-72H,7-18,21,24-27,32-33,37,41-43,45,47-61,63-64,66-70H2,1-6H3,(H-,75,77,79,80)/p+1/b22-19-,23-20-,30-28-,31-29-,36-34-,39-38-,40-35-,46-44-,65-62+. The number of esters is 1. The first kappa shape index (κ1) is 80.7. The van der Waals surface area contributed by atoms with Crippen LogP contribution in [0.4, 0.5) is 0 Å². The third kappa shape index (κ3) is 63.2. The van der Waals surface area contributed by atoms with Gasteiger partial charge >= 0.3 is 13.8 Å². The Morgan fingerprint density at radius 1 is 0.417 bits per heavy atom. The highest BCUT2D eigenvalue weighted by Crippen LogP contribution is 2.43. The smallest absolute Gasteiger partial charge is 0.456 e. The monoisotopic (exact) mass is 1190 g/mol. The summed E-state index contributed by atoms with van der Waals surface area (Å²) in [4.78, 5) is 37.9. The lowest BCUT2D eigenvalue weighted by Gasteiger charge is -2.27. The number of carbonyl (C=O) groups excluding carboxylic acids is 2. The first-order valence-electron chi connectivity index (χ1n) is 34.7. The lowest BCUT2D eigenvalue weighted by molar-refractivity contribution is -0.870. The minimum absolute atomic E-state index is 0.0301. The Bertz CT molecular complexity index is 1810. The molecule has 0 aromatic carbocycles. The van der Waals surface area contributed by atoms with Gasteiger partial charge in [-0.25, -0.2) is 4.57 Å². The van der Waals surface area contributed by atoms with Crippen LogP contribution in [0.3, 0.4) is 0 Å². The van der Waals surface area contributed by atoms with Gasteiger partial charge in [0.05, 0.1) is 33.8 Å². The van der Waals surface area contributed by atoms with Gasteiger partial charge in [-0.05, 0) is 122 Å². The minimum Gasteiger partial charge on any atom is -0.456 e. The number of hydrogen-bond acceptors (Lipinski definition) is 6. The number of amides is 1. The molecule has 0 bridgehead atoms. The molecule has 0 radical (unpaired) electrons. The maximum Gasteiger partial charge on any atom is 0.472 e. The molecule has 0 rings (SSSR count). The van der Waals surface area contributed by atoms with Crippen molar-refractivity contribution in [1.29, 1.82) is 0 Å². The molecule has 1 amide bonds. The van der Waals surface area contributed by atoms with Gasteiger partial charge in [-0.1, -0.05) is 272 Å². The number of phosphoric ester groups is 1. The number of hydrogen-bond donors (Lipinski definition) is 2. The van der Waals surface area contributed by atoms with Gasteiger partial charge in [0, 0.05) is 12.8 Å². The summed E-state index contributed by atoms with van der Waals surface area (Å²) in [5.41, 5.74) is 0. The predicted octanol–water partition coefficient (Wildman–Crippen LogP) is 22.1. The molecule has 0 aliphatic heterocycles. The van der Waals surface area contributed by atoms with E-state index in [1.807, 2.05) is 33.3 Å². The summed E-state index contributed by atoms with van der Waals surface area (Å²) in [6.07, 6.45) is 86.6. The predicted molar refractivity (Wildman–Crippen MR) is 364 cm³/mol. The van der Waals surface area contributed by atoms with E-state index in [1.165, 1.54) is 135 Å². The number of ether oxygens (including phenoxy) is 1. The third-order valence-corrected chi connectivity index (χ3v) is 15.9. The second kappa shape index (κ2) is 62.7. The van der Waals surface area contributed by atoms with Crippen LogP contribution in [-0.2, 0) is 27.9 Å². The molecule has 84 heavy (non-hydrogen) atoms. The molecule has 0 saturated carbocycles. The highest BCUT2D eigenvalue weighted by molar-refractivity contribution is 7.47. The van der Waals surface area contributed by atoms with E-state index in [-0.39, 0.29) is 31.5 Å². The van der Waals surface area contributed by atoms with E-state index in [0.29, 0.717) is 17.4 Å². The summed E-state index contributed by atoms with van der Waals surface area (Å²) >= 11 is 0. The molecule has 9 nitrogen and oxygen atoms in total. The average Bonchev–Trinajstić information content (AvgIpc) is 3.64. The molecule has 0 spiro atoms. The van der Waals surface area contributed by atoms with Crippen LogP contribution in [-0.4, -0.2) is 74.3 Å². The van der Waals surface area contributed by atoms with Gasteiger partial charge in [0.2, 0.25) is 5.91 Å². The van der Waals surface area contributed by atoms with Crippen molar-refractivity contribution in [2.45, 2.75) is 309 Å². The second-order valence-corrected chi connectivity index (χ2v) is 25.8. The minimum atomic E-state index is -4.47. The normalized spacial score (nSPS) is 14.2. The van der Waals surface area contributed by atoms with Crippen molar-refractivity contribution in [1.82, 2.24) is 5.32 Å². The van der Waals surface area contributed by atoms with Gasteiger partial charge in [0.1, 0.15) is 19.3 Å². The molecule has 0 aliphatic carbocycles. The SMILES string of the molecule is CCCCC/C=C\C/C=C\C/C=C\C/C=C\CCCCCCCCCCCC(=O)OC(/C=C/CCCCCCCCCCCC)C(COP(=O)(O)OCC[N+](C)(C)C)NC(=O)CCCCCCC/C=C\C/C=C\C/C=C\C/C=C\CCCCC. The molecule has 0 aromatic heterocycles. The number of likely N-dealkylation sites (N-methyl/N-ethyl adjacent to an activating group) is 1. The van der Waals surface area contributed by atoms with Crippen LogP contribution in [0.2, 0.25) is 0 Å². The molecule has 0 heterocycles. The summed E-state index contributed by atoms with van der Waals surface area (Å²) in [6.45, 7) is 6.94. The summed E-state index contributed by atoms with van der Waals surface area (Å²) in [7, 11) is 1.47. The molecule has 0 aliphatic rings. The van der Waals surface area contributed by atoms with E-state index in [0.717, 1.165) is 128 Å². The first-order chi connectivity index (χ1) is 40.9. The molecule has 0 aromatic rings. The van der Waals surface area contributed by atoms with Crippen molar-refractivity contribution in [2.75, 3.05) is 40.9 Å². The lowest BCUT2D eigenvalue weighted by Crippen LogP contribution is -2.47. The number of phosphoric acid groups is 1. The number of quaternary nitrogens is 1. The zero-order valence-corrected chi connectivity index (χ0v) is 56.3. The second-order valence-electron chi connectivity index (χ2n) is 24.3. The van der Waals surface area contributed by atoms with Crippen molar-refractivity contribution in [3.05, 3.63) is 109 Å². The highest BCUT2D eigenvalue weighted by Gasteiger charge is 2.30. The van der Waals surface area contributed by atoms with E-state index in [4.69, 9.17) is 13.8 Å². The fourth-order valence-corrected chi connectivity index (χ4v) is 10.3. The first-order valence-corrected chi connectivity index (χ1v) is 36.2. The fourth-order valence-electron chi connectivity index (χ4n) is 9.55. The third-order valence-electron chi connectivity index (χ3n) is 14.9. The average molecular weight is 1190 g/mol. The Labute approximate surface area is 519 Å². The fraction of sp³-hybridized carbons (Fsp3) is 0.730. The summed E-state index contributed by atoms with van der Waals surface area (Å²) in [5, 5.41) is 3.05. The van der Waals surface area contributed by atoms with E-state index in [1.54, 1.807) is 0 Å². The van der Waals surface area contributed by atoms with Gasteiger partial charge in [-0.2, -0.15) is 0 Å². The van der Waals surface area contributed by atoms with E-state index >= 15 is 0 Å². The molecule has 10 heteroatoms. The summed E-state index contributed by atoms with van der Waals surface area (Å²) < 4.78 is 30.8. The Balaban J connectivity index is 5.17. The maximum atomic E-state index is 13.6. The van der Waals surface area contributed by atoms with Gasteiger partial charge in [-0.15, -0.1) is 0 Å². The number of nitrogens with zero attached hydrogens (tertiary/aromatic N) is 1. The Morgan fingerprint density at radius 3 is 1.11 bits per heavy atom. The number of nitrogens with one attached hydrogen (secondary N) is 1. The van der Waals surface area contributed by atoms with E-state index < -0.39 is 20.0 Å². The van der Waals surface area contributed by atoms with Gasteiger partial charge in [0.25, 0.3) is 0 Å². The van der Waals surface area contributed by atoms with Crippen LogP contribution < -0.4 is 5.32 Å². The number of rotatable bonds is 62. The Morgan fingerprint density at radius 2 is 0.726 bits per heavy atom. The van der Waals surface area contributed by atoms with E-state index in [2.05, 4.69) is 123 Å². The number of carbonyl (C=O) groups is 2. The van der Waals surface area contributed by atoms with Crippen molar-refractivity contribution < 1.29 is 37.3 Å². The largest absolute Gasteiger partial charge is 0.472 e. The molecule has 3 unspecified atom stereocenters. The van der Waals surface area contributed by atoms with Crippen LogP contribution in [0.1, 0.15) is 297 Å². The molecule has 0 fully saturated rings. The van der Waals surface area contributed by atoms with Crippen LogP contribution in [0.25, 0.3) is 0 Å². The molecular formula is C74H132N2O7P+. The molecular weight excluding hydrogens is 1060 g/mol. The highest BCUT2D eigenvalue weighted by atomic mass is 31.2. The van der Waals surface area contributed by atoms with Gasteiger partial charge in [-0.3, -0.25) is 18.6 Å². The summed E-state index contributed by atoms with van der Waals surface area (Å²) in [6, 6.07) is -0.869. The van der Waals surface area contributed by atoms with Crippen molar-refractivity contribution in [3.63, 3.8) is 0 Å². The number of unbranched alkanes of at least 4 members (excludes halogenated alkanes) is 30. The van der Waals surface area contributed by atoms with Crippen LogP contribution in [0.15, 0.2) is 109 Å². The quantitative estimate of drug-likeness (QED) is 0.0205. The van der Waals surface area contributed by atoms with Crippen molar-refractivity contribution in [3.8, 4) is 0 Å². The zero-order chi connectivity index (χ0) is 61.4. The van der Waals surface area contributed by atoms with Gasteiger partial charge in [0.15, 0.2) is 0 Å². The van der Waals surface area contributed by atoms with Gasteiger partial charge < -0.3 is 19.4 Å². The maximum absolute atomic E-state index is 13.6.